The van der Waals surface area contributed by atoms with Crippen molar-refractivity contribution in [2.45, 2.75) is 32.7 Å². The smallest absolute Gasteiger partial charge is 0.201 e. The van der Waals surface area contributed by atoms with Crippen LogP contribution in [0.25, 0.3) is 11.0 Å². The number of nitrogen functional groups attached to an aromatic ring is 1. The van der Waals surface area contributed by atoms with Crippen LogP contribution in [0.5, 0.6) is 0 Å². The van der Waals surface area contributed by atoms with Gasteiger partial charge in [-0.2, -0.15) is 0 Å². The molecule has 1 aliphatic rings. The van der Waals surface area contributed by atoms with E-state index >= 15 is 0 Å². The second-order valence-electron chi connectivity index (χ2n) is 5.08. The highest BCUT2D eigenvalue weighted by Crippen LogP contribution is 2.42. The molecule has 0 aromatic carbocycles. The van der Waals surface area contributed by atoms with Gasteiger partial charge in [0, 0.05) is 12.7 Å². The quantitative estimate of drug-likeness (QED) is 0.837. The van der Waals surface area contributed by atoms with Gasteiger partial charge in [0.2, 0.25) is 5.95 Å². The van der Waals surface area contributed by atoms with E-state index < -0.39 is 0 Å². The van der Waals surface area contributed by atoms with Crippen molar-refractivity contribution in [1.29, 1.82) is 0 Å². The van der Waals surface area contributed by atoms with Crippen LogP contribution in [-0.4, -0.2) is 14.5 Å². The summed E-state index contributed by atoms with van der Waals surface area (Å²) in [5.74, 6) is 0.608. The molecule has 3 rings (SSSR count). The zero-order chi connectivity index (χ0) is 11.2. The monoisotopic (exact) mass is 216 g/mol. The van der Waals surface area contributed by atoms with E-state index in [9.17, 15) is 0 Å². The molecular formula is C12H16N4. The molecule has 84 valence electrons. The number of hydrogen-bond donors (Lipinski definition) is 1. The van der Waals surface area contributed by atoms with E-state index in [-0.39, 0.29) is 0 Å². The van der Waals surface area contributed by atoms with Crippen LogP contribution in [0.15, 0.2) is 18.5 Å². The van der Waals surface area contributed by atoms with Crippen LogP contribution in [0, 0.1) is 5.41 Å². The molecule has 4 heteroatoms. The molecular weight excluding hydrogens is 200 g/mol. The summed E-state index contributed by atoms with van der Waals surface area (Å²) in [6.07, 6.45) is 7.48. The van der Waals surface area contributed by atoms with Gasteiger partial charge >= 0.3 is 0 Å². The number of imidazole rings is 1. The number of anilines is 1. The van der Waals surface area contributed by atoms with Crippen molar-refractivity contribution in [3.05, 3.63) is 18.5 Å². The number of hydrogen-bond acceptors (Lipinski definition) is 3. The van der Waals surface area contributed by atoms with Crippen molar-refractivity contribution in [2.75, 3.05) is 5.73 Å². The molecule has 0 atom stereocenters. The molecule has 0 unspecified atom stereocenters. The molecule has 4 nitrogen and oxygen atoms in total. The molecule has 1 saturated carbocycles. The zero-order valence-corrected chi connectivity index (χ0v) is 9.48. The van der Waals surface area contributed by atoms with Crippen molar-refractivity contribution in [3.63, 3.8) is 0 Å². The maximum atomic E-state index is 5.96. The molecule has 1 fully saturated rings. The lowest BCUT2D eigenvalue weighted by Crippen LogP contribution is -2.31. The second-order valence-corrected chi connectivity index (χ2v) is 5.08. The topological polar surface area (TPSA) is 56.7 Å². The molecule has 0 saturated heterocycles. The van der Waals surface area contributed by atoms with E-state index in [1.807, 2.05) is 6.07 Å². The summed E-state index contributed by atoms with van der Waals surface area (Å²) in [4.78, 5) is 8.40. The van der Waals surface area contributed by atoms with E-state index in [1.54, 1.807) is 12.4 Å². The first-order valence-corrected chi connectivity index (χ1v) is 5.74. The fourth-order valence-corrected chi connectivity index (χ4v) is 2.49. The van der Waals surface area contributed by atoms with Gasteiger partial charge in [-0.3, -0.25) is 4.98 Å². The minimum Gasteiger partial charge on any atom is -0.369 e. The van der Waals surface area contributed by atoms with Gasteiger partial charge in [0.25, 0.3) is 0 Å². The Kier molecular flexibility index (Phi) is 1.93. The molecule has 0 amide bonds. The molecule has 16 heavy (non-hydrogen) atoms. The van der Waals surface area contributed by atoms with E-state index in [2.05, 4.69) is 21.5 Å². The van der Waals surface area contributed by atoms with Crippen LogP contribution in [-0.2, 0) is 6.54 Å². The Morgan fingerprint density at radius 3 is 3.00 bits per heavy atom. The van der Waals surface area contributed by atoms with Gasteiger partial charge in [-0.1, -0.05) is 13.3 Å². The van der Waals surface area contributed by atoms with Crippen LogP contribution < -0.4 is 5.73 Å². The first-order valence-electron chi connectivity index (χ1n) is 5.74. The Hall–Kier alpha value is -1.58. The van der Waals surface area contributed by atoms with Crippen LogP contribution in [0.3, 0.4) is 0 Å². The van der Waals surface area contributed by atoms with Crippen LogP contribution in [0.4, 0.5) is 5.95 Å². The molecule has 2 N–H and O–H groups in total. The standard InChI is InChI=1S/C12H16N4/c1-12(4-2-5-12)8-16-10-3-6-14-7-9(10)15-11(16)13/h3,6-7H,2,4-5,8H2,1H3,(H2,13,15). The van der Waals surface area contributed by atoms with Gasteiger partial charge < -0.3 is 10.3 Å². The molecule has 0 bridgehead atoms. The molecule has 0 aliphatic heterocycles. The minimum absolute atomic E-state index is 0.408. The Labute approximate surface area is 94.5 Å². The van der Waals surface area contributed by atoms with Crippen molar-refractivity contribution >= 4 is 17.0 Å². The van der Waals surface area contributed by atoms with Gasteiger partial charge in [-0.25, -0.2) is 4.98 Å². The molecule has 2 aromatic rings. The number of aromatic nitrogens is 3. The van der Waals surface area contributed by atoms with E-state index in [0.717, 1.165) is 17.6 Å². The fourth-order valence-electron chi connectivity index (χ4n) is 2.49. The van der Waals surface area contributed by atoms with Gasteiger partial charge in [0.05, 0.1) is 11.7 Å². The van der Waals surface area contributed by atoms with Crippen molar-refractivity contribution < 1.29 is 0 Å². The summed E-state index contributed by atoms with van der Waals surface area (Å²) in [5.41, 5.74) is 8.36. The third kappa shape index (κ3) is 1.37. The third-order valence-electron chi connectivity index (χ3n) is 3.68. The first-order chi connectivity index (χ1) is 7.68. The molecule has 2 aromatic heterocycles. The number of nitrogens with zero attached hydrogens (tertiary/aromatic N) is 3. The Morgan fingerprint density at radius 1 is 1.50 bits per heavy atom. The van der Waals surface area contributed by atoms with E-state index in [0.29, 0.717) is 11.4 Å². The zero-order valence-electron chi connectivity index (χ0n) is 9.48. The summed E-state index contributed by atoms with van der Waals surface area (Å²) in [7, 11) is 0. The van der Waals surface area contributed by atoms with E-state index in [1.165, 1.54) is 19.3 Å². The summed E-state index contributed by atoms with van der Waals surface area (Å²) < 4.78 is 2.12. The van der Waals surface area contributed by atoms with Crippen molar-refractivity contribution in [3.8, 4) is 0 Å². The van der Waals surface area contributed by atoms with E-state index in [4.69, 9.17) is 5.73 Å². The van der Waals surface area contributed by atoms with Gasteiger partial charge in [-0.15, -0.1) is 0 Å². The lowest BCUT2D eigenvalue weighted by molar-refractivity contribution is 0.135. The molecule has 0 radical (unpaired) electrons. The minimum atomic E-state index is 0.408. The average Bonchev–Trinajstić information content (AvgIpc) is 2.53. The lowest BCUT2D eigenvalue weighted by Gasteiger charge is -2.38. The van der Waals surface area contributed by atoms with Crippen molar-refractivity contribution in [2.24, 2.45) is 5.41 Å². The number of nitrogens with two attached hydrogens (primary N) is 1. The summed E-state index contributed by atoms with van der Waals surface area (Å²) in [6, 6.07) is 1.99. The van der Waals surface area contributed by atoms with Crippen molar-refractivity contribution in [1.82, 2.24) is 14.5 Å². The van der Waals surface area contributed by atoms with Crippen LogP contribution in [0.1, 0.15) is 26.2 Å². The van der Waals surface area contributed by atoms with Gasteiger partial charge in [0.1, 0.15) is 5.52 Å². The average molecular weight is 216 g/mol. The molecule has 0 spiro atoms. The highest BCUT2D eigenvalue weighted by atomic mass is 15.2. The highest BCUT2D eigenvalue weighted by Gasteiger charge is 2.33. The highest BCUT2D eigenvalue weighted by molar-refractivity contribution is 5.77. The van der Waals surface area contributed by atoms with Gasteiger partial charge in [0.15, 0.2) is 0 Å². The molecule has 1 aliphatic carbocycles. The Bertz CT molecular complexity index is 525. The summed E-state index contributed by atoms with van der Waals surface area (Å²) >= 11 is 0. The molecule has 2 heterocycles. The third-order valence-corrected chi connectivity index (χ3v) is 3.68. The van der Waals surface area contributed by atoms with Crippen LogP contribution >= 0.6 is 0 Å². The Morgan fingerprint density at radius 2 is 2.31 bits per heavy atom. The normalized spacial score (nSPS) is 18.6. The Balaban J connectivity index is 2.05. The summed E-state index contributed by atoms with van der Waals surface area (Å²) in [6.45, 7) is 3.29. The fraction of sp³-hybridized carbons (Fsp3) is 0.500. The summed E-state index contributed by atoms with van der Waals surface area (Å²) in [5, 5.41) is 0. The number of rotatable bonds is 2. The second kappa shape index (κ2) is 3.20. The number of pyridine rings is 1. The predicted molar refractivity (Wildman–Crippen MR) is 63.9 cm³/mol. The SMILES string of the molecule is CC1(Cn2c(N)nc3cnccc32)CCC1. The van der Waals surface area contributed by atoms with Crippen LogP contribution in [0.2, 0.25) is 0 Å². The largest absolute Gasteiger partial charge is 0.369 e. The maximum Gasteiger partial charge on any atom is 0.201 e. The number of fused-ring (bicyclic) bond motifs is 1. The lowest BCUT2D eigenvalue weighted by atomic mass is 9.70. The predicted octanol–water partition coefficient (Wildman–Crippen LogP) is 2.20. The van der Waals surface area contributed by atoms with Gasteiger partial charge in [-0.05, 0) is 24.3 Å². The maximum absolute atomic E-state index is 5.96. The first kappa shape index (κ1) is 9.63.